The van der Waals surface area contributed by atoms with Crippen molar-refractivity contribution in [2.24, 2.45) is 0 Å². The molecule has 0 radical (unpaired) electrons. The Hall–Kier alpha value is -0.690. The Morgan fingerprint density at radius 2 is 1.93 bits per heavy atom. The van der Waals surface area contributed by atoms with Crippen molar-refractivity contribution < 1.29 is 0 Å². The van der Waals surface area contributed by atoms with Crippen LogP contribution >= 0.6 is 11.8 Å². The fourth-order valence-electron chi connectivity index (χ4n) is 1.56. The van der Waals surface area contributed by atoms with Crippen LogP contribution in [0, 0.1) is 0 Å². The minimum Gasteiger partial charge on any atom is -0.122 e. The van der Waals surface area contributed by atoms with Gasteiger partial charge in [0.25, 0.3) is 0 Å². The van der Waals surface area contributed by atoms with Crippen LogP contribution in [0.4, 0.5) is 0 Å². The van der Waals surface area contributed by atoms with E-state index >= 15 is 0 Å². The van der Waals surface area contributed by atoms with Gasteiger partial charge in [-0.15, -0.1) is 11.8 Å². The van der Waals surface area contributed by atoms with E-state index < -0.39 is 0 Å². The Bertz CT molecular complexity index is 326. The highest BCUT2D eigenvalue weighted by Crippen LogP contribution is 2.27. The molecule has 0 N–H and O–H groups in total. The minimum atomic E-state index is 0. The largest absolute Gasteiger partial charge is 0.122 e. The maximum absolute atomic E-state index is 2.35. The van der Waals surface area contributed by atoms with Gasteiger partial charge in [-0.3, -0.25) is 0 Å². The third kappa shape index (κ3) is 2.65. The molecule has 0 aromatic heterocycles. The Morgan fingerprint density at radius 3 is 2.79 bits per heavy atom. The van der Waals surface area contributed by atoms with Gasteiger partial charge in [0.15, 0.2) is 0 Å². The average Bonchev–Trinajstić information content (AvgIpc) is 2.13. The Balaban J connectivity index is 0.000000980. The summed E-state index contributed by atoms with van der Waals surface area (Å²) in [5.74, 6) is 1.13. The summed E-state index contributed by atoms with van der Waals surface area (Å²) < 4.78 is 0. The molecule has 14 heavy (non-hydrogen) atoms. The van der Waals surface area contributed by atoms with E-state index in [0.717, 1.165) is 5.75 Å². The van der Waals surface area contributed by atoms with Crippen molar-refractivity contribution in [1.82, 2.24) is 0 Å². The summed E-state index contributed by atoms with van der Waals surface area (Å²) in [5, 5.41) is 0. The molecular formula is C13H18S. The van der Waals surface area contributed by atoms with Crippen molar-refractivity contribution in [3.05, 3.63) is 41.5 Å². The minimum absolute atomic E-state index is 0. The molecule has 1 aliphatic rings. The third-order valence-electron chi connectivity index (χ3n) is 2.43. The van der Waals surface area contributed by atoms with E-state index in [1.54, 1.807) is 0 Å². The SMILES string of the molecule is C.CC1=CCSc2ccccc2CC1. The molecule has 0 nitrogen and oxygen atoms in total. The Labute approximate surface area is 91.4 Å². The highest BCUT2D eigenvalue weighted by Gasteiger charge is 2.04. The van der Waals surface area contributed by atoms with E-state index in [4.69, 9.17) is 0 Å². The number of thioether (sulfide) groups is 1. The molecule has 0 amide bonds. The Morgan fingerprint density at radius 1 is 1.14 bits per heavy atom. The molecule has 0 saturated carbocycles. The number of aryl methyl sites for hydroxylation is 1. The van der Waals surface area contributed by atoms with Crippen LogP contribution in [-0.2, 0) is 6.42 Å². The van der Waals surface area contributed by atoms with Gasteiger partial charge in [-0.25, -0.2) is 0 Å². The molecule has 76 valence electrons. The second-order valence-electron chi connectivity index (χ2n) is 3.47. The first kappa shape index (κ1) is 11.4. The normalized spacial score (nSPS) is 15.6. The van der Waals surface area contributed by atoms with E-state index in [0.29, 0.717) is 0 Å². The predicted octanol–water partition coefficient (Wildman–Crippen LogP) is 4.31. The van der Waals surface area contributed by atoms with Gasteiger partial charge in [-0.1, -0.05) is 37.3 Å². The molecule has 1 aromatic carbocycles. The first-order valence-electron chi connectivity index (χ1n) is 4.72. The van der Waals surface area contributed by atoms with Crippen LogP contribution in [0.1, 0.15) is 26.3 Å². The van der Waals surface area contributed by atoms with Crippen LogP contribution in [0.3, 0.4) is 0 Å². The van der Waals surface area contributed by atoms with Crippen LogP contribution in [0.25, 0.3) is 0 Å². The number of fused-ring (bicyclic) bond motifs is 1. The highest BCUT2D eigenvalue weighted by molar-refractivity contribution is 7.99. The van der Waals surface area contributed by atoms with E-state index in [9.17, 15) is 0 Å². The van der Waals surface area contributed by atoms with Crippen molar-refractivity contribution in [2.45, 2.75) is 32.1 Å². The van der Waals surface area contributed by atoms with Crippen LogP contribution in [0.5, 0.6) is 0 Å². The molecule has 0 fully saturated rings. The maximum Gasteiger partial charge on any atom is 0.0163 e. The standard InChI is InChI=1S/C12H14S.CH4/c1-10-6-7-11-4-2-3-5-12(11)13-9-8-10;/h2-5,8H,6-7,9H2,1H3;1H4. The lowest BCUT2D eigenvalue weighted by Gasteiger charge is -2.11. The molecule has 1 aliphatic heterocycles. The van der Waals surface area contributed by atoms with E-state index in [2.05, 4.69) is 37.3 Å². The van der Waals surface area contributed by atoms with Gasteiger partial charge in [-0.05, 0) is 31.4 Å². The van der Waals surface area contributed by atoms with Crippen LogP contribution in [0.15, 0.2) is 40.8 Å². The average molecular weight is 206 g/mol. The summed E-state index contributed by atoms with van der Waals surface area (Å²) in [6.07, 6.45) is 4.77. The summed E-state index contributed by atoms with van der Waals surface area (Å²) in [7, 11) is 0. The lowest BCUT2D eigenvalue weighted by molar-refractivity contribution is 0.913. The summed E-state index contributed by atoms with van der Waals surface area (Å²) in [6, 6.07) is 8.75. The maximum atomic E-state index is 2.35. The van der Waals surface area contributed by atoms with Crippen molar-refractivity contribution in [2.75, 3.05) is 5.75 Å². The topological polar surface area (TPSA) is 0 Å². The molecule has 0 spiro atoms. The summed E-state index contributed by atoms with van der Waals surface area (Å²) in [6.45, 7) is 2.23. The van der Waals surface area contributed by atoms with Gasteiger partial charge in [0.2, 0.25) is 0 Å². The zero-order valence-corrected chi connectivity index (χ0v) is 8.73. The quantitative estimate of drug-likeness (QED) is 0.570. The van der Waals surface area contributed by atoms with Crippen molar-refractivity contribution in [3.8, 4) is 0 Å². The lowest BCUT2D eigenvalue weighted by atomic mass is 10.1. The van der Waals surface area contributed by atoms with E-state index in [1.807, 2.05) is 11.8 Å². The highest BCUT2D eigenvalue weighted by atomic mass is 32.2. The third-order valence-corrected chi connectivity index (χ3v) is 3.47. The van der Waals surface area contributed by atoms with Crippen LogP contribution in [-0.4, -0.2) is 5.75 Å². The second kappa shape index (κ2) is 5.26. The Kier molecular flexibility index (Phi) is 4.27. The molecule has 0 saturated heterocycles. The molecule has 1 aromatic rings. The molecule has 0 bridgehead atoms. The zero-order chi connectivity index (χ0) is 9.10. The summed E-state index contributed by atoms with van der Waals surface area (Å²) >= 11 is 1.95. The molecule has 2 rings (SSSR count). The predicted molar refractivity (Wildman–Crippen MR) is 66.0 cm³/mol. The number of hydrogen-bond acceptors (Lipinski definition) is 1. The van der Waals surface area contributed by atoms with Gasteiger partial charge >= 0.3 is 0 Å². The lowest BCUT2D eigenvalue weighted by Crippen LogP contribution is -1.93. The van der Waals surface area contributed by atoms with Gasteiger partial charge in [0.1, 0.15) is 0 Å². The zero-order valence-electron chi connectivity index (χ0n) is 7.92. The van der Waals surface area contributed by atoms with Crippen LogP contribution < -0.4 is 0 Å². The van der Waals surface area contributed by atoms with E-state index in [-0.39, 0.29) is 7.43 Å². The van der Waals surface area contributed by atoms with Gasteiger partial charge in [0, 0.05) is 10.6 Å². The smallest absolute Gasteiger partial charge is 0.0163 e. The number of hydrogen-bond donors (Lipinski definition) is 0. The van der Waals surface area contributed by atoms with Crippen molar-refractivity contribution in [3.63, 3.8) is 0 Å². The second-order valence-corrected chi connectivity index (χ2v) is 4.53. The van der Waals surface area contributed by atoms with Gasteiger partial charge in [0.05, 0.1) is 0 Å². The molecule has 1 heteroatoms. The number of benzene rings is 1. The fraction of sp³-hybridized carbons (Fsp3) is 0.385. The van der Waals surface area contributed by atoms with Gasteiger partial charge in [-0.2, -0.15) is 0 Å². The van der Waals surface area contributed by atoms with Crippen LogP contribution in [0.2, 0.25) is 0 Å². The fourth-order valence-corrected chi connectivity index (χ4v) is 2.64. The number of rotatable bonds is 0. The summed E-state index contributed by atoms with van der Waals surface area (Å²) in [5.41, 5.74) is 3.04. The summed E-state index contributed by atoms with van der Waals surface area (Å²) in [4.78, 5) is 1.46. The first-order valence-corrected chi connectivity index (χ1v) is 5.71. The molecule has 1 heterocycles. The van der Waals surface area contributed by atoms with E-state index in [1.165, 1.54) is 28.9 Å². The molecule has 0 unspecified atom stereocenters. The monoisotopic (exact) mass is 206 g/mol. The van der Waals surface area contributed by atoms with Gasteiger partial charge < -0.3 is 0 Å². The van der Waals surface area contributed by atoms with Crippen molar-refractivity contribution >= 4 is 11.8 Å². The molecule has 0 atom stereocenters. The molecular weight excluding hydrogens is 188 g/mol. The number of allylic oxidation sites excluding steroid dienone is 1. The molecule has 0 aliphatic carbocycles. The van der Waals surface area contributed by atoms with Crippen molar-refractivity contribution in [1.29, 1.82) is 0 Å². The first-order chi connectivity index (χ1) is 6.36.